The average molecular weight is 472 g/mol. The van der Waals surface area contributed by atoms with Gasteiger partial charge < -0.3 is 10.1 Å². The van der Waals surface area contributed by atoms with Gasteiger partial charge in [0.05, 0.1) is 34.6 Å². The molecule has 0 spiro atoms. The van der Waals surface area contributed by atoms with Crippen molar-refractivity contribution in [3.8, 4) is 26.9 Å². The van der Waals surface area contributed by atoms with E-state index in [1.807, 2.05) is 79.0 Å². The lowest BCUT2D eigenvalue weighted by atomic mass is 10.1. The van der Waals surface area contributed by atoms with Crippen LogP contribution >= 0.6 is 22.7 Å². The first-order chi connectivity index (χ1) is 16.2. The summed E-state index contributed by atoms with van der Waals surface area (Å²) in [5.74, 6) is 0.733. The molecule has 164 valence electrons. The lowest BCUT2D eigenvalue weighted by Gasteiger charge is -2.08. The average Bonchev–Trinajstić information content (AvgIpc) is 3.47. The summed E-state index contributed by atoms with van der Waals surface area (Å²) >= 11 is 3.15. The van der Waals surface area contributed by atoms with Crippen molar-refractivity contribution >= 4 is 44.5 Å². The van der Waals surface area contributed by atoms with Crippen molar-refractivity contribution in [3.05, 3.63) is 83.9 Å². The fraction of sp³-hybridized carbons (Fsp3) is 0.115. The van der Waals surface area contributed by atoms with E-state index in [2.05, 4.69) is 16.4 Å². The molecule has 33 heavy (non-hydrogen) atoms. The molecule has 0 aliphatic rings. The van der Waals surface area contributed by atoms with Crippen LogP contribution in [0.25, 0.3) is 31.4 Å². The summed E-state index contributed by atoms with van der Waals surface area (Å²) in [5.41, 5.74) is 4.39. The first kappa shape index (κ1) is 21.3. The Hall–Kier alpha value is -3.55. The zero-order valence-electron chi connectivity index (χ0n) is 17.9. The van der Waals surface area contributed by atoms with E-state index in [1.165, 1.54) is 11.3 Å². The molecule has 0 saturated carbocycles. The van der Waals surface area contributed by atoms with Crippen molar-refractivity contribution in [2.75, 3.05) is 11.9 Å². The second-order valence-corrected chi connectivity index (χ2v) is 9.25. The van der Waals surface area contributed by atoms with Crippen molar-refractivity contribution < 1.29 is 9.53 Å². The van der Waals surface area contributed by atoms with Crippen LogP contribution in [0, 0.1) is 0 Å². The number of thiazole rings is 2. The molecule has 0 bridgehead atoms. The third kappa shape index (κ3) is 4.79. The summed E-state index contributed by atoms with van der Waals surface area (Å²) in [6, 6.07) is 23.7. The predicted octanol–water partition coefficient (Wildman–Crippen LogP) is 6.67. The van der Waals surface area contributed by atoms with E-state index in [0.29, 0.717) is 6.61 Å². The first-order valence-corrected chi connectivity index (χ1v) is 12.3. The number of amides is 1. The highest BCUT2D eigenvalue weighted by Crippen LogP contribution is 2.34. The summed E-state index contributed by atoms with van der Waals surface area (Å²) in [7, 11) is 0. The summed E-state index contributed by atoms with van der Waals surface area (Å²) in [4.78, 5) is 22.2. The van der Waals surface area contributed by atoms with Gasteiger partial charge in [-0.3, -0.25) is 4.79 Å². The number of hydrogen-bond acceptors (Lipinski definition) is 6. The largest absolute Gasteiger partial charge is 0.494 e. The second kappa shape index (κ2) is 9.52. The highest BCUT2D eigenvalue weighted by Gasteiger charge is 2.14. The zero-order chi connectivity index (χ0) is 22.6. The lowest BCUT2D eigenvalue weighted by Crippen LogP contribution is -2.15. The molecule has 0 aliphatic heterocycles. The molecular weight excluding hydrogens is 450 g/mol. The molecule has 0 aliphatic carbocycles. The molecule has 5 aromatic rings. The Morgan fingerprint density at radius 2 is 1.73 bits per heavy atom. The molecule has 5 rings (SSSR count). The molecule has 0 atom stereocenters. The summed E-state index contributed by atoms with van der Waals surface area (Å²) in [6.07, 6.45) is 0.210. The number of benzene rings is 3. The number of nitrogens with one attached hydrogen (secondary N) is 1. The van der Waals surface area contributed by atoms with Crippen LogP contribution in [0.2, 0.25) is 0 Å². The summed E-state index contributed by atoms with van der Waals surface area (Å²) in [5, 5.41) is 6.76. The summed E-state index contributed by atoms with van der Waals surface area (Å²) in [6.45, 7) is 2.60. The Kier molecular flexibility index (Phi) is 6.15. The van der Waals surface area contributed by atoms with Gasteiger partial charge in [-0.25, -0.2) is 9.97 Å². The highest BCUT2D eigenvalue weighted by molar-refractivity contribution is 7.21. The number of rotatable bonds is 7. The third-order valence-electron chi connectivity index (χ3n) is 5.03. The molecule has 2 heterocycles. The normalized spacial score (nSPS) is 10.9. The Bertz CT molecular complexity index is 1370. The monoisotopic (exact) mass is 471 g/mol. The Morgan fingerprint density at radius 1 is 0.939 bits per heavy atom. The van der Waals surface area contributed by atoms with E-state index >= 15 is 0 Å². The van der Waals surface area contributed by atoms with Crippen LogP contribution in [0.1, 0.15) is 12.6 Å². The predicted molar refractivity (Wildman–Crippen MR) is 136 cm³/mol. The van der Waals surface area contributed by atoms with Crippen molar-refractivity contribution in [1.29, 1.82) is 0 Å². The second-order valence-electron chi connectivity index (χ2n) is 7.36. The number of carbonyl (C=O) groups is 1. The SMILES string of the molecule is CCOc1ccc(-c2nc(CC(=O)Nc3ccccc3-c3nc4ccccc4s3)cs2)cc1. The third-order valence-corrected chi connectivity index (χ3v) is 7.04. The van der Waals surface area contributed by atoms with Crippen LogP contribution < -0.4 is 10.1 Å². The Balaban J connectivity index is 1.30. The van der Waals surface area contributed by atoms with Crippen LogP contribution in [-0.4, -0.2) is 22.5 Å². The van der Waals surface area contributed by atoms with Gasteiger partial charge in [0, 0.05) is 16.5 Å². The molecule has 0 radical (unpaired) electrons. The molecule has 1 N–H and O–H groups in total. The Labute approximate surface area is 199 Å². The molecule has 0 unspecified atom stereocenters. The zero-order valence-corrected chi connectivity index (χ0v) is 19.6. The van der Waals surface area contributed by atoms with Gasteiger partial charge in [0.1, 0.15) is 15.8 Å². The number of fused-ring (bicyclic) bond motifs is 1. The van der Waals surface area contributed by atoms with Gasteiger partial charge in [0.2, 0.25) is 5.91 Å². The minimum atomic E-state index is -0.105. The smallest absolute Gasteiger partial charge is 0.230 e. The fourth-order valence-electron chi connectivity index (χ4n) is 3.51. The Morgan fingerprint density at radius 3 is 2.55 bits per heavy atom. The van der Waals surface area contributed by atoms with Crippen LogP contribution in [0.3, 0.4) is 0 Å². The van der Waals surface area contributed by atoms with Crippen molar-refractivity contribution in [2.24, 2.45) is 0 Å². The summed E-state index contributed by atoms with van der Waals surface area (Å²) < 4.78 is 6.62. The minimum absolute atomic E-state index is 0.105. The van der Waals surface area contributed by atoms with Crippen molar-refractivity contribution in [3.63, 3.8) is 0 Å². The number of carbonyl (C=O) groups excluding carboxylic acids is 1. The molecule has 0 saturated heterocycles. The van der Waals surface area contributed by atoms with Crippen LogP contribution in [-0.2, 0) is 11.2 Å². The number of para-hydroxylation sites is 2. The molecule has 1 amide bonds. The lowest BCUT2D eigenvalue weighted by molar-refractivity contribution is -0.115. The van der Waals surface area contributed by atoms with Crippen molar-refractivity contribution in [2.45, 2.75) is 13.3 Å². The molecule has 0 fully saturated rings. The van der Waals surface area contributed by atoms with Crippen LogP contribution in [0.4, 0.5) is 5.69 Å². The van der Waals surface area contributed by atoms with E-state index in [0.717, 1.165) is 48.5 Å². The van der Waals surface area contributed by atoms with Gasteiger partial charge >= 0.3 is 0 Å². The molecular formula is C26H21N3O2S2. The van der Waals surface area contributed by atoms with Gasteiger partial charge in [-0.15, -0.1) is 22.7 Å². The maximum atomic E-state index is 12.8. The van der Waals surface area contributed by atoms with E-state index in [4.69, 9.17) is 9.72 Å². The maximum Gasteiger partial charge on any atom is 0.230 e. The van der Waals surface area contributed by atoms with E-state index < -0.39 is 0 Å². The quantitative estimate of drug-likeness (QED) is 0.288. The highest BCUT2D eigenvalue weighted by atomic mass is 32.1. The van der Waals surface area contributed by atoms with E-state index in [1.54, 1.807) is 11.3 Å². The molecule has 5 nitrogen and oxygen atoms in total. The standard InChI is InChI=1S/C26H21N3O2S2/c1-2-31-19-13-11-17(12-14-19)25-27-18(16-32-25)15-24(30)28-21-8-4-3-7-20(21)26-29-22-9-5-6-10-23(22)33-26/h3-14,16H,2,15H2,1H3,(H,28,30). The number of aromatic nitrogens is 2. The van der Waals surface area contributed by atoms with Gasteiger partial charge in [0.15, 0.2) is 0 Å². The van der Waals surface area contributed by atoms with Crippen molar-refractivity contribution in [1.82, 2.24) is 9.97 Å². The number of hydrogen-bond donors (Lipinski definition) is 1. The number of anilines is 1. The topological polar surface area (TPSA) is 64.1 Å². The fourth-order valence-corrected chi connectivity index (χ4v) is 5.34. The van der Waals surface area contributed by atoms with Gasteiger partial charge in [-0.05, 0) is 55.5 Å². The van der Waals surface area contributed by atoms with Crippen LogP contribution in [0.5, 0.6) is 5.75 Å². The van der Waals surface area contributed by atoms with E-state index in [-0.39, 0.29) is 12.3 Å². The molecule has 3 aromatic carbocycles. The van der Waals surface area contributed by atoms with Gasteiger partial charge in [0.25, 0.3) is 0 Å². The van der Waals surface area contributed by atoms with Gasteiger partial charge in [-0.2, -0.15) is 0 Å². The first-order valence-electron chi connectivity index (χ1n) is 10.6. The molecule has 7 heteroatoms. The molecule has 2 aromatic heterocycles. The maximum absolute atomic E-state index is 12.8. The van der Waals surface area contributed by atoms with Crippen LogP contribution in [0.15, 0.2) is 78.2 Å². The van der Waals surface area contributed by atoms with E-state index in [9.17, 15) is 4.79 Å². The van der Waals surface area contributed by atoms with Gasteiger partial charge in [-0.1, -0.05) is 24.3 Å². The minimum Gasteiger partial charge on any atom is -0.494 e. The number of nitrogens with zero attached hydrogens (tertiary/aromatic N) is 2. The number of ether oxygens (including phenoxy) is 1.